The van der Waals surface area contributed by atoms with Crippen LogP contribution in [0.4, 0.5) is 0 Å². The number of ether oxygens (including phenoxy) is 3. The summed E-state index contributed by atoms with van der Waals surface area (Å²) >= 11 is 6.05. The van der Waals surface area contributed by atoms with Gasteiger partial charge in [-0.15, -0.1) is 0 Å². The number of epoxide rings is 1. The molecule has 15 heavy (non-hydrogen) atoms. The summed E-state index contributed by atoms with van der Waals surface area (Å²) in [6.07, 6.45) is 0.763. The Bertz CT molecular complexity index is 293. The van der Waals surface area contributed by atoms with Crippen LogP contribution in [0.15, 0.2) is 0 Å². The molecule has 5 heteroatoms. The topological polar surface area (TPSA) is 48.1 Å². The van der Waals surface area contributed by atoms with Gasteiger partial charge in [-0.25, -0.2) is 4.79 Å². The van der Waals surface area contributed by atoms with Crippen LogP contribution in [-0.2, 0) is 19.0 Å². The van der Waals surface area contributed by atoms with E-state index in [1.165, 1.54) is 7.11 Å². The maximum absolute atomic E-state index is 11.4. The van der Waals surface area contributed by atoms with Gasteiger partial charge in [0.15, 0.2) is 5.60 Å². The Morgan fingerprint density at radius 2 is 2.27 bits per heavy atom. The minimum Gasteiger partial charge on any atom is -0.466 e. The Kier molecular flexibility index (Phi) is 2.48. The molecule has 0 aromatic rings. The van der Waals surface area contributed by atoms with E-state index in [4.69, 9.17) is 21.1 Å². The Balaban J connectivity index is 2.06. The van der Waals surface area contributed by atoms with Gasteiger partial charge in [0, 0.05) is 6.42 Å². The molecule has 0 radical (unpaired) electrons. The lowest BCUT2D eigenvalue weighted by Crippen LogP contribution is -2.31. The van der Waals surface area contributed by atoms with Crippen molar-refractivity contribution in [2.24, 2.45) is 5.92 Å². The molecule has 0 N–H and O–H groups in total. The molecule has 2 heterocycles. The van der Waals surface area contributed by atoms with Crippen LogP contribution in [0.2, 0.25) is 0 Å². The molecule has 0 aliphatic carbocycles. The third-order valence-corrected chi connectivity index (χ3v) is 3.71. The molecular weight excluding hydrogens is 220 g/mol. The lowest BCUT2D eigenvalue weighted by Gasteiger charge is -2.12. The maximum Gasteiger partial charge on any atom is 0.357 e. The lowest BCUT2D eigenvalue weighted by molar-refractivity contribution is -0.143. The van der Waals surface area contributed by atoms with E-state index in [0.29, 0.717) is 18.9 Å². The zero-order chi connectivity index (χ0) is 11.3. The quantitative estimate of drug-likeness (QED) is 0.411. The smallest absolute Gasteiger partial charge is 0.357 e. The molecule has 0 aromatic heterocycles. The van der Waals surface area contributed by atoms with Gasteiger partial charge in [0.2, 0.25) is 0 Å². The summed E-state index contributed by atoms with van der Waals surface area (Å²) in [7, 11) is 1.30. The minimum atomic E-state index is -1.31. The molecule has 0 saturated carbocycles. The van der Waals surface area contributed by atoms with E-state index in [-0.39, 0.29) is 6.10 Å². The molecule has 2 rings (SSSR count). The minimum absolute atomic E-state index is 0.107. The third-order valence-electron chi connectivity index (χ3n) is 3.13. The third kappa shape index (κ3) is 1.47. The van der Waals surface area contributed by atoms with E-state index < -0.39 is 16.6 Å². The van der Waals surface area contributed by atoms with E-state index in [1.54, 1.807) is 0 Å². The van der Waals surface area contributed by atoms with Crippen molar-refractivity contribution in [1.82, 2.24) is 0 Å². The molecule has 86 valence electrons. The van der Waals surface area contributed by atoms with Crippen molar-refractivity contribution in [3.63, 3.8) is 0 Å². The second-order valence-electron chi connectivity index (χ2n) is 4.48. The van der Waals surface area contributed by atoms with Crippen molar-refractivity contribution in [3.8, 4) is 0 Å². The van der Waals surface area contributed by atoms with Gasteiger partial charge in [-0.1, -0.05) is 25.4 Å². The number of methoxy groups -OCH3 is 1. The van der Waals surface area contributed by atoms with Crippen LogP contribution >= 0.6 is 11.6 Å². The molecular formula is C10H15ClO4. The van der Waals surface area contributed by atoms with Crippen LogP contribution in [0, 0.1) is 5.92 Å². The molecule has 0 amide bonds. The van der Waals surface area contributed by atoms with Gasteiger partial charge in [-0.05, 0) is 5.92 Å². The van der Waals surface area contributed by atoms with Gasteiger partial charge in [0.1, 0.15) is 0 Å². The monoisotopic (exact) mass is 234 g/mol. The molecule has 2 aliphatic rings. The second kappa shape index (κ2) is 3.34. The number of esters is 1. The first-order valence-electron chi connectivity index (χ1n) is 5.04. The Hall–Kier alpha value is -0.320. The Morgan fingerprint density at radius 1 is 1.60 bits per heavy atom. The number of carbonyl (C=O) groups is 1. The zero-order valence-corrected chi connectivity index (χ0v) is 9.84. The van der Waals surface area contributed by atoms with E-state index in [1.807, 2.05) is 0 Å². The standard InChI is InChI=1S/C10H15ClO4/c1-6(2)7-4-9(5-14-7)10(11,15-9)8(12)13-3/h6-7H,4-5H2,1-3H3. The van der Waals surface area contributed by atoms with Gasteiger partial charge in [0.05, 0.1) is 19.8 Å². The summed E-state index contributed by atoms with van der Waals surface area (Å²) in [5, 5.41) is -1.31. The largest absolute Gasteiger partial charge is 0.466 e. The van der Waals surface area contributed by atoms with Gasteiger partial charge < -0.3 is 14.2 Å². The summed E-state index contributed by atoms with van der Waals surface area (Å²) in [5.74, 6) is -0.135. The van der Waals surface area contributed by atoms with Crippen LogP contribution in [0.3, 0.4) is 0 Å². The van der Waals surface area contributed by atoms with Crippen molar-refractivity contribution in [3.05, 3.63) is 0 Å². The molecule has 3 unspecified atom stereocenters. The highest BCUT2D eigenvalue weighted by molar-refractivity contribution is 6.36. The zero-order valence-electron chi connectivity index (χ0n) is 9.08. The highest BCUT2D eigenvalue weighted by Crippen LogP contribution is 2.58. The molecule has 4 nitrogen and oxygen atoms in total. The van der Waals surface area contributed by atoms with Gasteiger partial charge in [-0.3, -0.25) is 0 Å². The van der Waals surface area contributed by atoms with Crippen LogP contribution < -0.4 is 0 Å². The first-order valence-corrected chi connectivity index (χ1v) is 5.42. The van der Waals surface area contributed by atoms with Crippen LogP contribution in [0.25, 0.3) is 0 Å². The predicted molar refractivity (Wildman–Crippen MR) is 53.6 cm³/mol. The van der Waals surface area contributed by atoms with E-state index in [2.05, 4.69) is 18.6 Å². The normalized spacial score (nSPS) is 43.7. The van der Waals surface area contributed by atoms with Crippen LogP contribution in [-0.4, -0.2) is 36.5 Å². The van der Waals surface area contributed by atoms with Gasteiger partial charge in [-0.2, -0.15) is 0 Å². The fourth-order valence-electron chi connectivity index (χ4n) is 2.01. The lowest BCUT2D eigenvalue weighted by atomic mass is 9.96. The summed E-state index contributed by atoms with van der Waals surface area (Å²) in [6, 6.07) is 0. The van der Waals surface area contributed by atoms with E-state index in [9.17, 15) is 4.79 Å². The average molecular weight is 235 g/mol. The second-order valence-corrected chi connectivity index (χ2v) is 5.01. The highest BCUT2D eigenvalue weighted by Gasteiger charge is 2.78. The fraction of sp³-hybridized carbons (Fsp3) is 0.900. The first kappa shape index (κ1) is 11.2. The Morgan fingerprint density at radius 3 is 2.73 bits per heavy atom. The molecule has 0 aromatic carbocycles. The summed E-state index contributed by atoms with van der Waals surface area (Å²) in [5.41, 5.74) is -0.656. The van der Waals surface area contributed by atoms with Gasteiger partial charge in [0.25, 0.3) is 5.06 Å². The molecule has 2 aliphatic heterocycles. The first-order chi connectivity index (χ1) is 6.95. The number of halogens is 1. The van der Waals surface area contributed by atoms with Crippen molar-refractivity contribution >= 4 is 17.6 Å². The SMILES string of the molecule is COC(=O)C1(Cl)OC12COC(C(C)C)C2. The number of carbonyl (C=O) groups excluding carboxylic acids is 1. The number of rotatable bonds is 2. The van der Waals surface area contributed by atoms with E-state index >= 15 is 0 Å². The van der Waals surface area contributed by atoms with Crippen molar-refractivity contribution in [2.45, 2.75) is 37.0 Å². The predicted octanol–water partition coefficient (Wildman–Crippen LogP) is 1.31. The highest BCUT2D eigenvalue weighted by atomic mass is 35.5. The van der Waals surface area contributed by atoms with Crippen molar-refractivity contribution in [1.29, 1.82) is 0 Å². The molecule has 1 spiro atoms. The molecule has 3 atom stereocenters. The van der Waals surface area contributed by atoms with E-state index in [0.717, 1.165) is 0 Å². The summed E-state index contributed by atoms with van der Waals surface area (Å²) in [4.78, 5) is 11.4. The van der Waals surface area contributed by atoms with Crippen molar-refractivity contribution in [2.75, 3.05) is 13.7 Å². The van der Waals surface area contributed by atoms with Gasteiger partial charge >= 0.3 is 5.97 Å². The average Bonchev–Trinajstić information content (AvgIpc) is 2.60. The molecule has 2 fully saturated rings. The molecule has 2 saturated heterocycles. The maximum atomic E-state index is 11.4. The number of alkyl halides is 1. The Labute approximate surface area is 93.8 Å². The molecule has 0 bridgehead atoms. The summed E-state index contributed by atoms with van der Waals surface area (Å²) in [6.45, 7) is 4.51. The van der Waals surface area contributed by atoms with Crippen LogP contribution in [0.1, 0.15) is 20.3 Å². The fourth-order valence-corrected chi connectivity index (χ4v) is 2.37. The van der Waals surface area contributed by atoms with Crippen molar-refractivity contribution < 1.29 is 19.0 Å². The summed E-state index contributed by atoms with van der Waals surface area (Å²) < 4.78 is 15.5. The number of hydrogen-bond donors (Lipinski definition) is 0. The number of hydrogen-bond acceptors (Lipinski definition) is 4. The van der Waals surface area contributed by atoms with Crippen LogP contribution in [0.5, 0.6) is 0 Å².